The van der Waals surface area contributed by atoms with Gasteiger partial charge in [0, 0.05) is 32.7 Å². The van der Waals surface area contributed by atoms with E-state index in [4.69, 9.17) is 10.5 Å². The number of piperazine rings is 1. The highest BCUT2D eigenvalue weighted by Gasteiger charge is 2.24. The molecule has 1 fully saturated rings. The predicted octanol–water partition coefficient (Wildman–Crippen LogP) is -0.0956. The smallest absolute Gasteiger partial charge is 0.248 e. The monoisotopic (exact) mass is 243 g/mol. The van der Waals surface area contributed by atoms with Crippen LogP contribution >= 0.6 is 0 Å². The van der Waals surface area contributed by atoms with Crippen LogP contribution in [0.15, 0.2) is 0 Å². The fourth-order valence-electron chi connectivity index (χ4n) is 1.69. The van der Waals surface area contributed by atoms with E-state index in [1.165, 1.54) is 0 Å². The summed E-state index contributed by atoms with van der Waals surface area (Å²) in [6.45, 7) is 8.03. The lowest BCUT2D eigenvalue weighted by atomic mass is 10.0. The number of carbonyl (C=O) groups is 1. The van der Waals surface area contributed by atoms with E-state index < -0.39 is 0 Å². The fourth-order valence-corrected chi connectivity index (χ4v) is 1.69. The zero-order valence-electron chi connectivity index (χ0n) is 11.2. The number of hydrogen-bond acceptors (Lipinski definition) is 4. The number of amides is 1. The van der Waals surface area contributed by atoms with Crippen molar-refractivity contribution in [1.82, 2.24) is 9.80 Å². The van der Waals surface area contributed by atoms with Gasteiger partial charge in [-0.1, -0.05) is 6.92 Å². The number of rotatable bonds is 5. The second-order valence-corrected chi connectivity index (χ2v) is 4.98. The third-order valence-corrected chi connectivity index (χ3v) is 3.58. The third-order valence-electron chi connectivity index (χ3n) is 3.58. The first kappa shape index (κ1) is 14.4. The van der Waals surface area contributed by atoms with E-state index in [1.807, 2.05) is 18.7 Å². The Hall–Kier alpha value is -0.650. The van der Waals surface area contributed by atoms with Crippen molar-refractivity contribution < 1.29 is 9.53 Å². The Bertz CT molecular complexity index is 246. The summed E-state index contributed by atoms with van der Waals surface area (Å²) in [6, 6.07) is 0. The first-order chi connectivity index (χ1) is 8.00. The normalized spacial score (nSPS) is 21.3. The molecule has 1 atom stereocenters. The van der Waals surface area contributed by atoms with Crippen LogP contribution in [0.25, 0.3) is 0 Å². The lowest BCUT2D eigenvalue weighted by molar-refractivity contribution is -0.143. The molecule has 17 heavy (non-hydrogen) atoms. The molecule has 0 aromatic heterocycles. The highest BCUT2D eigenvalue weighted by atomic mass is 16.5. The number of likely N-dealkylation sites (N-methyl/N-ethyl adjacent to an activating group) is 1. The Balaban J connectivity index is 2.34. The SMILES string of the molecule is CCC(C)(CN)OCC(=O)N1CCN(C)CC1. The van der Waals surface area contributed by atoms with Crippen LogP contribution in [0.3, 0.4) is 0 Å². The second-order valence-electron chi connectivity index (χ2n) is 4.98. The van der Waals surface area contributed by atoms with E-state index in [0.29, 0.717) is 6.54 Å². The summed E-state index contributed by atoms with van der Waals surface area (Å²) in [5.74, 6) is 0.0752. The van der Waals surface area contributed by atoms with E-state index in [2.05, 4.69) is 11.9 Å². The van der Waals surface area contributed by atoms with Gasteiger partial charge < -0.3 is 20.3 Å². The first-order valence-electron chi connectivity index (χ1n) is 6.31. The van der Waals surface area contributed by atoms with Gasteiger partial charge in [-0.25, -0.2) is 0 Å². The lowest BCUT2D eigenvalue weighted by Gasteiger charge is -2.34. The maximum Gasteiger partial charge on any atom is 0.248 e. The molecule has 1 unspecified atom stereocenters. The maximum atomic E-state index is 11.9. The molecule has 1 heterocycles. The molecular weight excluding hydrogens is 218 g/mol. The van der Waals surface area contributed by atoms with E-state index in [1.54, 1.807) is 0 Å². The zero-order chi connectivity index (χ0) is 12.9. The molecule has 1 saturated heterocycles. The van der Waals surface area contributed by atoms with Crippen molar-refractivity contribution >= 4 is 5.91 Å². The molecule has 0 bridgehead atoms. The molecule has 1 aliphatic rings. The molecular formula is C12H25N3O2. The average Bonchev–Trinajstić information content (AvgIpc) is 2.36. The minimum Gasteiger partial charge on any atom is -0.364 e. The Morgan fingerprint density at radius 2 is 1.94 bits per heavy atom. The molecule has 1 amide bonds. The maximum absolute atomic E-state index is 11.9. The number of hydrogen-bond donors (Lipinski definition) is 1. The molecule has 0 aromatic rings. The van der Waals surface area contributed by atoms with Crippen LogP contribution in [0, 0.1) is 0 Å². The zero-order valence-corrected chi connectivity index (χ0v) is 11.2. The molecule has 2 N–H and O–H groups in total. The summed E-state index contributed by atoms with van der Waals surface area (Å²) in [5.41, 5.74) is 5.27. The van der Waals surface area contributed by atoms with Crippen LogP contribution in [0.2, 0.25) is 0 Å². The summed E-state index contributed by atoms with van der Waals surface area (Å²) in [4.78, 5) is 16.0. The number of nitrogens with two attached hydrogens (primary N) is 1. The van der Waals surface area contributed by atoms with Gasteiger partial charge in [0.25, 0.3) is 0 Å². The van der Waals surface area contributed by atoms with Crippen LogP contribution in [-0.2, 0) is 9.53 Å². The molecule has 0 aliphatic carbocycles. The van der Waals surface area contributed by atoms with Gasteiger partial charge >= 0.3 is 0 Å². The first-order valence-corrected chi connectivity index (χ1v) is 6.31. The van der Waals surface area contributed by atoms with Gasteiger partial charge in [0.15, 0.2) is 0 Å². The summed E-state index contributed by atoms with van der Waals surface area (Å²) in [5, 5.41) is 0. The number of carbonyl (C=O) groups excluding carboxylic acids is 1. The summed E-state index contributed by atoms with van der Waals surface area (Å²) >= 11 is 0. The molecule has 0 spiro atoms. The van der Waals surface area contributed by atoms with Gasteiger partial charge in [0.05, 0.1) is 5.60 Å². The van der Waals surface area contributed by atoms with E-state index in [-0.39, 0.29) is 18.1 Å². The minimum absolute atomic E-state index is 0.0752. The predicted molar refractivity (Wildman–Crippen MR) is 67.8 cm³/mol. The van der Waals surface area contributed by atoms with Gasteiger partial charge in [-0.3, -0.25) is 4.79 Å². The third kappa shape index (κ3) is 4.26. The van der Waals surface area contributed by atoms with Crippen molar-refractivity contribution in [2.45, 2.75) is 25.9 Å². The Kier molecular flexibility index (Phi) is 5.36. The largest absolute Gasteiger partial charge is 0.364 e. The molecule has 5 heteroatoms. The molecule has 0 saturated carbocycles. The van der Waals surface area contributed by atoms with Crippen LogP contribution in [0.5, 0.6) is 0 Å². The van der Waals surface area contributed by atoms with Gasteiger partial charge in [-0.05, 0) is 20.4 Å². The van der Waals surface area contributed by atoms with Crippen molar-refractivity contribution in [3.8, 4) is 0 Å². The van der Waals surface area contributed by atoms with Crippen molar-refractivity contribution in [3.05, 3.63) is 0 Å². The van der Waals surface area contributed by atoms with E-state index in [9.17, 15) is 4.79 Å². The van der Waals surface area contributed by atoms with Crippen molar-refractivity contribution in [2.24, 2.45) is 5.73 Å². The van der Waals surface area contributed by atoms with Crippen LogP contribution < -0.4 is 5.73 Å². The molecule has 5 nitrogen and oxygen atoms in total. The summed E-state index contributed by atoms with van der Waals surface area (Å²) in [7, 11) is 2.07. The molecule has 1 aliphatic heterocycles. The summed E-state index contributed by atoms with van der Waals surface area (Å²) in [6.07, 6.45) is 0.819. The molecule has 100 valence electrons. The molecule has 1 rings (SSSR count). The van der Waals surface area contributed by atoms with Crippen LogP contribution in [0.4, 0.5) is 0 Å². The van der Waals surface area contributed by atoms with Crippen molar-refractivity contribution in [1.29, 1.82) is 0 Å². The van der Waals surface area contributed by atoms with Gasteiger partial charge in [0.1, 0.15) is 6.61 Å². The van der Waals surface area contributed by atoms with Crippen LogP contribution in [0.1, 0.15) is 20.3 Å². The standard InChI is InChI=1S/C12H25N3O2/c1-4-12(2,10-13)17-9-11(16)15-7-5-14(3)6-8-15/h4-10,13H2,1-3H3. The van der Waals surface area contributed by atoms with Gasteiger partial charge in [-0.15, -0.1) is 0 Å². The fraction of sp³-hybridized carbons (Fsp3) is 0.917. The number of ether oxygens (including phenoxy) is 1. The Morgan fingerprint density at radius 3 is 2.41 bits per heavy atom. The molecule has 0 aromatic carbocycles. The van der Waals surface area contributed by atoms with Crippen LogP contribution in [-0.4, -0.2) is 67.7 Å². The lowest BCUT2D eigenvalue weighted by Crippen LogP contribution is -2.49. The van der Waals surface area contributed by atoms with E-state index >= 15 is 0 Å². The van der Waals surface area contributed by atoms with Gasteiger partial charge in [0.2, 0.25) is 5.91 Å². The Labute approximate surface area is 104 Å². The number of nitrogens with zero attached hydrogens (tertiary/aromatic N) is 2. The van der Waals surface area contributed by atoms with Crippen molar-refractivity contribution in [3.63, 3.8) is 0 Å². The average molecular weight is 243 g/mol. The quantitative estimate of drug-likeness (QED) is 0.733. The van der Waals surface area contributed by atoms with Gasteiger partial charge in [-0.2, -0.15) is 0 Å². The Morgan fingerprint density at radius 1 is 1.35 bits per heavy atom. The topological polar surface area (TPSA) is 58.8 Å². The van der Waals surface area contributed by atoms with E-state index in [0.717, 1.165) is 32.6 Å². The second kappa shape index (κ2) is 6.33. The highest BCUT2D eigenvalue weighted by Crippen LogP contribution is 2.13. The molecule has 0 radical (unpaired) electrons. The minimum atomic E-state index is -0.373. The summed E-state index contributed by atoms with van der Waals surface area (Å²) < 4.78 is 5.64. The van der Waals surface area contributed by atoms with Crippen molar-refractivity contribution in [2.75, 3.05) is 46.4 Å². The highest BCUT2D eigenvalue weighted by molar-refractivity contribution is 5.77.